The smallest absolute Gasteiger partial charge is 0.164 e. The van der Waals surface area contributed by atoms with Gasteiger partial charge in [0, 0.05) is 16.7 Å². The Bertz CT molecular complexity index is 3710. The highest BCUT2D eigenvalue weighted by molar-refractivity contribution is 6.14. The van der Waals surface area contributed by atoms with Crippen molar-refractivity contribution in [1.29, 1.82) is 10.5 Å². The molecule has 11 aromatic rings. The molecular weight excluding hydrogens is 803 g/mol. The van der Waals surface area contributed by atoms with E-state index in [1.165, 1.54) is 27.1 Å². The summed E-state index contributed by atoms with van der Waals surface area (Å²) < 4.78 is 0. The molecule has 1 heterocycles. The SMILES string of the molecule is N#Cc1ccc(-c2ccccc2-c2nc(-c3ccccc3)nc(-c3ccc(-c4cccc(-c5ccc(C#N)cc5-c5cccc(-c6cccc7ccc8ccccc8c67)c5)c4)cc3)n2)cc1. The van der Waals surface area contributed by atoms with Crippen molar-refractivity contribution in [1.82, 2.24) is 15.0 Å². The maximum Gasteiger partial charge on any atom is 0.164 e. The van der Waals surface area contributed by atoms with Crippen LogP contribution in [0.2, 0.25) is 0 Å². The quantitative estimate of drug-likeness (QED) is 0.142. The molecular formula is C61H37N5. The number of nitrogens with zero attached hydrogens (tertiary/aromatic N) is 5. The van der Waals surface area contributed by atoms with Gasteiger partial charge in [-0.1, -0.05) is 188 Å². The van der Waals surface area contributed by atoms with E-state index in [4.69, 9.17) is 15.0 Å². The van der Waals surface area contributed by atoms with Gasteiger partial charge in [0.2, 0.25) is 0 Å². The number of benzene rings is 10. The Hall–Kier alpha value is -9.29. The zero-order valence-electron chi connectivity index (χ0n) is 35.6. The van der Waals surface area contributed by atoms with Crippen LogP contribution >= 0.6 is 0 Å². The van der Waals surface area contributed by atoms with Gasteiger partial charge < -0.3 is 0 Å². The van der Waals surface area contributed by atoms with E-state index in [0.717, 1.165) is 66.8 Å². The lowest BCUT2D eigenvalue weighted by Crippen LogP contribution is -2.01. The molecule has 0 amide bonds. The summed E-state index contributed by atoms with van der Waals surface area (Å²) in [5.74, 6) is 1.70. The van der Waals surface area contributed by atoms with Gasteiger partial charge in [-0.2, -0.15) is 10.5 Å². The van der Waals surface area contributed by atoms with Crippen molar-refractivity contribution in [3.8, 4) is 102 Å². The highest BCUT2D eigenvalue weighted by atomic mass is 15.0. The van der Waals surface area contributed by atoms with Gasteiger partial charge in [0.15, 0.2) is 17.5 Å². The Labute approximate surface area is 382 Å². The lowest BCUT2D eigenvalue weighted by atomic mass is 9.89. The molecule has 0 unspecified atom stereocenters. The maximum atomic E-state index is 10.1. The largest absolute Gasteiger partial charge is 0.208 e. The monoisotopic (exact) mass is 839 g/mol. The third-order valence-corrected chi connectivity index (χ3v) is 12.2. The van der Waals surface area contributed by atoms with Crippen LogP contribution in [0.3, 0.4) is 0 Å². The van der Waals surface area contributed by atoms with E-state index >= 15 is 0 Å². The number of hydrogen-bond donors (Lipinski definition) is 0. The molecule has 0 fully saturated rings. The molecule has 0 bridgehead atoms. The average molecular weight is 840 g/mol. The third-order valence-electron chi connectivity index (χ3n) is 12.2. The van der Waals surface area contributed by atoms with Crippen molar-refractivity contribution in [2.45, 2.75) is 0 Å². The number of nitriles is 2. The highest BCUT2D eigenvalue weighted by Gasteiger charge is 2.17. The van der Waals surface area contributed by atoms with E-state index in [9.17, 15) is 10.5 Å². The Morgan fingerprint density at radius 1 is 0.273 bits per heavy atom. The van der Waals surface area contributed by atoms with Gasteiger partial charge in [-0.25, -0.2) is 15.0 Å². The van der Waals surface area contributed by atoms with Gasteiger partial charge in [-0.3, -0.25) is 0 Å². The minimum atomic E-state index is 0.560. The molecule has 5 heteroatoms. The van der Waals surface area contributed by atoms with E-state index in [1.807, 2.05) is 84.9 Å². The summed E-state index contributed by atoms with van der Waals surface area (Å²) >= 11 is 0. The first kappa shape index (κ1) is 39.5. The molecule has 11 rings (SSSR count). The van der Waals surface area contributed by atoms with Crippen molar-refractivity contribution < 1.29 is 0 Å². The van der Waals surface area contributed by atoms with Crippen LogP contribution in [0.1, 0.15) is 11.1 Å². The number of fused-ring (bicyclic) bond motifs is 3. The van der Waals surface area contributed by atoms with Crippen molar-refractivity contribution in [3.63, 3.8) is 0 Å². The Kier molecular flexibility index (Phi) is 10.3. The summed E-state index contributed by atoms with van der Waals surface area (Å²) in [6.45, 7) is 0. The van der Waals surface area contributed by atoms with E-state index in [0.29, 0.717) is 28.6 Å². The molecule has 66 heavy (non-hydrogen) atoms. The lowest BCUT2D eigenvalue weighted by Gasteiger charge is -2.15. The van der Waals surface area contributed by atoms with Crippen LogP contribution in [0.25, 0.3) is 111 Å². The zero-order chi connectivity index (χ0) is 44.4. The van der Waals surface area contributed by atoms with Crippen LogP contribution < -0.4 is 0 Å². The van der Waals surface area contributed by atoms with Crippen molar-refractivity contribution >= 4 is 21.5 Å². The number of rotatable bonds is 8. The molecule has 0 saturated carbocycles. The Morgan fingerprint density at radius 3 is 1.52 bits per heavy atom. The maximum absolute atomic E-state index is 10.1. The molecule has 0 radical (unpaired) electrons. The van der Waals surface area contributed by atoms with Gasteiger partial charge in [0.05, 0.1) is 23.3 Å². The summed E-state index contributed by atoms with van der Waals surface area (Å²) in [5.41, 5.74) is 14.3. The van der Waals surface area contributed by atoms with E-state index < -0.39 is 0 Å². The van der Waals surface area contributed by atoms with Gasteiger partial charge in [-0.05, 0) is 114 Å². The topological polar surface area (TPSA) is 86.2 Å². The Balaban J connectivity index is 0.956. The molecule has 0 aliphatic heterocycles. The minimum Gasteiger partial charge on any atom is -0.208 e. The predicted molar refractivity (Wildman–Crippen MR) is 268 cm³/mol. The van der Waals surface area contributed by atoms with Crippen molar-refractivity contribution in [2.24, 2.45) is 0 Å². The van der Waals surface area contributed by atoms with Crippen LogP contribution in [-0.4, -0.2) is 15.0 Å². The summed E-state index contributed by atoms with van der Waals surface area (Å²) in [7, 11) is 0. The molecule has 0 aliphatic carbocycles. The summed E-state index contributed by atoms with van der Waals surface area (Å²) in [4.78, 5) is 15.1. The molecule has 306 valence electrons. The van der Waals surface area contributed by atoms with Gasteiger partial charge >= 0.3 is 0 Å². The average Bonchev–Trinajstić information content (AvgIpc) is 3.40. The molecule has 0 atom stereocenters. The predicted octanol–water partition coefficient (Wildman–Crippen LogP) is 15.3. The first-order valence-corrected chi connectivity index (χ1v) is 21.8. The molecule has 1 aromatic heterocycles. The molecule has 5 nitrogen and oxygen atoms in total. The van der Waals surface area contributed by atoms with Crippen LogP contribution in [0, 0.1) is 22.7 Å². The van der Waals surface area contributed by atoms with E-state index in [-0.39, 0.29) is 0 Å². The van der Waals surface area contributed by atoms with Crippen LogP contribution in [0.4, 0.5) is 0 Å². The van der Waals surface area contributed by atoms with E-state index in [2.05, 4.69) is 152 Å². The number of aromatic nitrogens is 3. The first-order valence-electron chi connectivity index (χ1n) is 21.8. The van der Waals surface area contributed by atoms with Gasteiger partial charge in [0.25, 0.3) is 0 Å². The normalized spacial score (nSPS) is 11.0. The summed E-state index contributed by atoms with van der Waals surface area (Å²) in [5, 5.41) is 24.4. The fraction of sp³-hybridized carbons (Fsp3) is 0. The molecule has 0 spiro atoms. The minimum absolute atomic E-state index is 0.560. The second-order valence-electron chi connectivity index (χ2n) is 16.2. The fourth-order valence-corrected chi connectivity index (χ4v) is 8.93. The fourth-order valence-electron chi connectivity index (χ4n) is 8.93. The van der Waals surface area contributed by atoms with Crippen LogP contribution in [0.15, 0.2) is 224 Å². The third kappa shape index (κ3) is 7.54. The Morgan fingerprint density at radius 2 is 0.758 bits per heavy atom. The standard InChI is InChI=1S/C61H37N5/c62-38-40-23-26-44(27-24-40)52-19-6-7-21-56(52)61-65-59(46-12-2-1-3-13-46)64-60(66-61)47-32-28-42(29-33-47)48-15-8-16-49(36-48)53-34-25-41(39-63)35-57(53)51-18-9-17-50(37-51)55-22-10-14-45-31-30-43-11-4-5-20-54(43)58(45)55/h1-37H. The van der Waals surface area contributed by atoms with Crippen molar-refractivity contribution in [2.75, 3.05) is 0 Å². The van der Waals surface area contributed by atoms with E-state index in [1.54, 1.807) is 0 Å². The van der Waals surface area contributed by atoms with Crippen molar-refractivity contribution in [3.05, 3.63) is 236 Å². The summed E-state index contributed by atoms with van der Waals surface area (Å²) in [6.07, 6.45) is 0. The summed E-state index contributed by atoms with van der Waals surface area (Å²) in [6, 6.07) is 81.2. The first-order chi connectivity index (χ1) is 32.6. The highest BCUT2D eigenvalue weighted by Crippen LogP contribution is 2.40. The second kappa shape index (κ2) is 17.1. The second-order valence-corrected chi connectivity index (χ2v) is 16.2. The van der Waals surface area contributed by atoms with Gasteiger partial charge in [0.1, 0.15) is 0 Å². The zero-order valence-corrected chi connectivity index (χ0v) is 35.6. The molecule has 10 aromatic carbocycles. The number of hydrogen-bond acceptors (Lipinski definition) is 5. The molecule has 0 saturated heterocycles. The lowest BCUT2D eigenvalue weighted by molar-refractivity contribution is 1.07. The van der Waals surface area contributed by atoms with Crippen LogP contribution in [-0.2, 0) is 0 Å². The van der Waals surface area contributed by atoms with Gasteiger partial charge in [-0.15, -0.1) is 0 Å². The van der Waals surface area contributed by atoms with Crippen LogP contribution in [0.5, 0.6) is 0 Å². The molecule has 0 aliphatic rings. The molecule has 0 N–H and O–H groups in total.